The molecule has 0 bridgehead atoms. The first kappa shape index (κ1) is 11.4. The van der Waals surface area contributed by atoms with Crippen molar-refractivity contribution in [3.63, 3.8) is 0 Å². The summed E-state index contributed by atoms with van der Waals surface area (Å²) in [5, 5.41) is 0. The van der Waals surface area contributed by atoms with Gasteiger partial charge >= 0.3 is 0 Å². The summed E-state index contributed by atoms with van der Waals surface area (Å²) in [5.74, 6) is 2.65. The molecule has 0 saturated heterocycles. The fourth-order valence-corrected chi connectivity index (χ4v) is 4.28. The lowest BCUT2D eigenvalue weighted by molar-refractivity contribution is 0.154. The molecule has 2 unspecified atom stereocenters. The van der Waals surface area contributed by atoms with E-state index < -0.39 is 0 Å². The van der Waals surface area contributed by atoms with Crippen LogP contribution in [0.25, 0.3) is 0 Å². The first-order chi connectivity index (χ1) is 7.07. The zero-order chi connectivity index (χ0) is 10.9. The van der Waals surface area contributed by atoms with Gasteiger partial charge in [0, 0.05) is 5.54 Å². The van der Waals surface area contributed by atoms with E-state index in [2.05, 4.69) is 13.8 Å². The van der Waals surface area contributed by atoms with E-state index in [0.717, 1.165) is 17.8 Å². The second-order valence-corrected chi connectivity index (χ2v) is 6.57. The number of nitrogens with two attached hydrogens (primary N) is 1. The van der Waals surface area contributed by atoms with Gasteiger partial charge in [0.1, 0.15) is 0 Å². The average Bonchev–Trinajstić information content (AvgIpc) is 2.52. The molecular weight excluding hydrogens is 182 g/mol. The van der Waals surface area contributed by atoms with Gasteiger partial charge in [-0.2, -0.15) is 0 Å². The Labute approximate surface area is 94.8 Å². The lowest BCUT2D eigenvalue weighted by Gasteiger charge is -2.41. The fourth-order valence-electron chi connectivity index (χ4n) is 4.28. The van der Waals surface area contributed by atoms with Crippen LogP contribution in [0.2, 0.25) is 0 Å². The van der Waals surface area contributed by atoms with Gasteiger partial charge in [-0.3, -0.25) is 0 Å². The van der Waals surface area contributed by atoms with E-state index in [1.54, 1.807) is 0 Å². The summed E-state index contributed by atoms with van der Waals surface area (Å²) in [7, 11) is 0. The molecule has 0 aromatic heterocycles. The Balaban J connectivity index is 1.92. The summed E-state index contributed by atoms with van der Waals surface area (Å²) in [4.78, 5) is 0. The first-order valence-electron chi connectivity index (χ1n) is 6.86. The smallest absolute Gasteiger partial charge is 0.0162 e. The molecule has 0 spiro atoms. The molecule has 2 aliphatic rings. The van der Waals surface area contributed by atoms with Gasteiger partial charge in [0.15, 0.2) is 0 Å². The highest BCUT2D eigenvalue weighted by atomic mass is 14.8. The van der Waals surface area contributed by atoms with Gasteiger partial charge in [-0.25, -0.2) is 0 Å². The van der Waals surface area contributed by atoms with Crippen molar-refractivity contribution in [2.24, 2.45) is 23.5 Å². The van der Waals surface area contributed by atoms with Crippen molar-refractivity contribution >= 4 is 0 Å². The Hall–Kier alpha value is -0.0400. The van der Waals surface area contributed by atoms with Crippen LogP contribution in [0, 0.1) is 17.8 Å². The minimum Gasteiger partial charge on any atom is -0.325 e. The first-order valence-corrected chi connectivity index (χ1v) is 6.86. The molecule has 1 heteroatoms. The minimum atomic E-state index is 0.187. The van der Waals surface area contributed by atoms with Crippen LogP contribution in [0.5, 0.6) is 0 Å². The third-order valence-corrected chi connectivity index (χ3v) is 4.48. The van der Waals surface area contributed by atoms with Crippen molar-refractivity contribution in [2.75, 3.05) is 0 Å². The Morgan fingerprint density at radius 2 is 1.60 bits per heavy atom. The number of rotatable bonds is 2. The van der Waals surface area contributed by atoms with Gasteiger partial charge in [0.2, 0.25) is 0 Å². The van der Waals surface area contributed by atoms with Crippen LogP contribution in [0.4, 0.5) is 0 Å². The van der Waals surface area contributed by atoms with Gasteiger partial charge in [-0.1, -0.05) is 39.5 Å². The second-order valence-electron chi connectivity index (χ2n) is 6.57. The summed E-state index contributed by atoms with van der Waals surface area (Å²) in [6.07, 6.45) is 11.0. The minimum absolute atomic E-state index is 0.187. The number of hydrogen-bond donors (Lipinski definition) is 1. The largest absolute Gasteiger partial charge is 0.325 e. The molecule has 0 heterocycles. The van der Waals surface area contributed by atoms with Gasteiger partial charge in [0.25, 0.3) is 0 Å². The molecule has 1 nitrogen and oxygen atoms in total. The van der Waals surface area contributed by atoms with Gasteiger partial charge in [0.05, 0.1) is 0 Å². The van der Waals surface area contributed by atoms with Crippen molar-refractivity contribution < 1.29 is 0 Å². The highest BCUT2D eigenvalue weighted by Crippen LogP contribution is 2.41. The molecule has 2 rings (SSSR count). The van der Waals surface area contributed by atoms with Crippen molar-refractivity contribution in [2.45, 2.75) is 70.8 Å². The van der Waals surface area contributed by atoms with Crippen molar-refractivity contribution in [1.29, 1.82) is 0 Å². The molecule has 2 N–H and O–H groups in total. The lowest BCUT2D eigenvalue weighted by atomic mass is 9.68. The summed E-state index contributed by atoms with van der Waals surface area (Å²) < 4.78 is 0. The molecule has 88 valence electrons. The Morgan fingerprint density at radius 1 is 1.07 bits per heavy atom. The average molecular weight is 209 g/mol. The highest BCUT2D eigenvalue weighted by molar-refractivity contribution is 4.94. The Bertz CT molecular complexity index is 195. The topological polar surface area (TPSA) is 26.0 Å². The predicted molar refractivity (Wildman–Crippen MR) is 65.7 cm³/mol. The molecule has 0 aromatic carbocycles. The van der Waals surface area contributed by atoms with Crippen LogP contribution in [0.3, 0.4) is 0 Å². The van der Waals surface area contributed by atoms with Crippen LogP contribution < -0.4 is 5.73 Å². The molecule has 2 aliphatic carbocycles. The summed E-state index contributed by atoms with van der Waals surface area (Å²) >= 11 is 0. The summed E-state index contributed by atoms with van der Waals surface area (Å²) in [6.45, 7) is 4.76. The van der Waals surface area contributed by atoms with Crippen molar-refractivity contribution in [3.8, 4) is 0 Å². The Morgan fingerprint density at radius 3 is 2.13 bits per heavy atom. The van der Waals surface area contributed by atoms with E-state index in [4.69, 9.17) is 5.73 Å². The van der Waals surface area contributed by atoms with E-state index in [1.807, 2.05) is 0 Å². The SMILES string of the molecule is CC1CC(C)CC(N)(CC2CCCC2)C1. The predicted octanol–water partition coefficient (Wildman–Crippen LogP) is 3.72. The summed E-state index contributed by atoms with van der Waals surface area (Å²) in [6, 6.07) is 0. The quantitative estimate of drug-likeness (QED) is 0.737. The molecule has 2 fully saturated rings. The lowest BCUT2D eigenvalue weighted by Crippen LogP contribution is -2.47. The molecule has 0 aliphatic heterocycles. The van der Waals surface area contributed by atoms with Crippen LogP contribution in [-0.2, 0) is 0 Å². The normalized spacial score (nSPS) is 43.4. The van der Waals surface area contributed by atoms with Crippen LogP contribution >= 0.6 is 0 Å². The molecule has 2 atom stereocenters. The van der Waals surface area contributed by atoms with Crippen LogP contribution in [0.1, 0.15) is 65.2 Å². The molecular formula is C14H27N. The third kappa shape index (κ3) is 2.96. The van der Waals surface area contributed by atoms with Gasteiger partial charge < -0.3 is 5.73 Å². The molecule has 0 aromatic rings. The maximum absolute atomic E-state index is 6.62. The summed E-state index contributed by atoms with van der Waals surface area (Å²) in [5.41, 5.74) is 6.81. The van der Waals surface area contributed by atoms with E-state index in [1.165, 1.54) is 51.4 Å². The molecule has 0 amide bonds. The van der Waals surface area contributed by atoms with Gasteiger partial charge in [-0.05, 0) is 43.4 Å². The van der Waals surface area contributed by atoms with E-state index >= 15 is 0 Å². The molecule has 15 heavy (non-hydrogen) atoms. The number of hydrogen-bond acceptors (Lipinski definition) is 1. The molecule has 0 radical (unpaired) electrons. The standard InChI is InChI=1S/C14H27N/c1-11-7-12(2)9-14(15,8-11)10-13-5-3-4-6-13/h11-13H,3-10,15H2,1-2H3. The van der Waals surface area contributed by atoms with E-state index in [-0.39, 0.29) is 5.54 Å². The van der Waals surface area contributed by atoms with Gasteiger partial charge in [-0.15, -0.1) is 0 Å². The highest BCUT2D eigenvalue weighted by Gasteiger charge is 2.36. The van der Waals surface area contributed by atoms with Crippen molar-refractivity contribution in [3.05, 3.63) is 0 Å². The zero-order valence-electron chi connectivity index (χ0n) is 10.5. The Kier molecular flexibility index (Phi) is 3.39. The third-order valence-electron chi connectivity index (χ3n) is 4.48. The zero-order valence-corrected chi connectivity index (χ0v) is 10.5. The van der Waals surface area contributed by atoms with Crippen LogP contribution in [0.15, 0.2) is 0 Å². The fraction of sp³-hybridized carbons (Fsp3) is 1.00. The molecule has 2 saturated carbocycles. The van der Waals surface area contributed by atoms with E-state index in [9.17, 15) is 0 Å². The van der Waals surface area contributed by atoms with Crippen LogP contribution in [-0.4, -0.2) is 5.54 Å². The van der Waals surface area contributed by atoms with Crippen molar-refractivity contribution in [1.82, 2.24) is 0 Å². The van der Waals surface area contributed by atoms with E-state index in [0.29, 0.717) is 0 Å². The second kappa shape index (κ2) is 4.45. The monoisotopic (exact) mass is 209 g/mol. The maximum atomic E-state index is 6.62. The maximum Gasteiger partial charge on any atom is 0.0162 e.